The van der Waals surface area contributed by atoms with Crippen molar-refractivity contribution < 1.29 is 13.7 Å². The molecule has 1 aliphatic heterocycles. The molecule has 2 aromatic heterocycles. The van der Waals surface area contributed by atoms with Gasteiger partial charge in [0.25, 0.3) is 0 Å². The topological polar surface area (TPSA) is 64.3 Å². The van der Waals surface area contributed by atoms with Crippen LogP contribution in [0.1, 0.15) is 18.2 Å². The lowest BCUT2D eigenvalue weighted by Gasteiger charge is -2.18. The lowest BCUT2D eigenvalue weighted by molar-refractivity contribution is 0.360. The van der Waals surface area contributed by atoms with Crippen molar-refractivity contribution in [3.05, 3.63) is 54.3 Å². The van der Waals surface area contributed by atoms with E-state index in [4.69, 9.17) is 9.26 Å². The van der Waals surface area contributed by atoms with E-state index in [-0.39, 0.29) is 11.7 Å². The summed E-state index contributed by atoms with van der Waals surface area (Å²) in [4.78, 5) is 10.6. The van der Waals surface area contributed by atoms with Gasteiger partial charge in [-0.1, -0.05) is 17.3 Å². The van der Waals surface area contributed by atoms with Crippen LogP contribution in [0.3, 0.4) is 0 Å². The molecular formula is C18H17FN4O2. The summed E-state index contributed by atoms with van der Waals surface area (Å²) >= 11 is 0. The van der Waals surface area contributed by atoms with Crippen LogP contribution in [0.15, 0.2) is 47.1 Å². The van der Waals surface area contributed by atoms with E-state index in [9.17, 15) is 4.39 Å². The summed E-state index contributed by atoms with van der Waals surface area (Å²) in [6.07, 6.45) is 2.48. The first-order valence-corrected chi connectivity index (χ1v) is 8.08. The van der Waals surface area contributed by atoms with Gasteiger partial charge in [-0.15, -0.1) is 0 Å². The van der Waals surface area contributed by atoms with E-state index >= 15 is 0 Å². The smallest absolute Gasteiger partial charge is 0.231 e. The number of hydrogen-bond acceptors (Lipinski definition) is 6. The highest BCUT2D eigenvalue weighted by Crippen LogP contribution is 2.32. The molecule has 3 heterocycles. The number of methoxy groups -OCH3 is 1. The van der Waals surface area contributed by atoms with Gasteiger partial charge in [0, 0.05) is 30.9 Å². The zero-order valence-corrected chi connectivity index (χ0v) is 13.7. The van der Waals surface area contributed by atoms with Crippen molar-refractivity contribution in [2.45, 2.75) is 12.3 Å². The number of benzene rings is 1. The van der Waals surface area contributed by atoms with Gasteiger partial charge < -0.3 is 14.2 Å². The zero-order valence-electron chi connectivity index (χ0n) is 13.7. The minimum Gasteiger partial charge on any atom is -0.481 e. The van der Waals surface area contributed by atoms with Crippen LogP contribution < -0.4 is 9.64 Å². The summed E-state index contributed by atoms with van der Waals surface area (Å²) in [5.74, 6) is 1.45. The highest BCUT2D eigenvalue weighted by Gasteiger charge is 2.29. The van der Waals surface area contributed by atoms with Crippen molar-refractivity contribution in [2.75, 3.05) is 25.1 Å². The Labute approximate surface area is 144 Å². The van der Waals surface area contributed by atoms with Gasteiger partial charge in [-0.25, -0.2) is 9.37 Å². The summed E-state index contributed by atoms with van der Waals surface area (Å²) in [7, 11) is 1.56. The van der Waals surface area contributed by atoms with E-state index in [2.05, 4.69) is 15.1 Å². The molecule has 1 unspecified atom stereocenters. The quantitative estimate of drug-likeness (QED) is 0.726. The van der Waals surface area contributed by atoms with E-state index in [1.165, 1.54) is 6.07 Å². The Hall–Kier alpha value is -2.96. The average Bonchev–Trinajstić information content (AvgIpc) is 3.31. The highest BCUT2D eigenvalue weighted by atomic mass is 19.1. The molecule has 0 N–H and O–H groups in total. The molecule has 0 bridgehead atoms. The average molecular weight is 340 g/mol. The Bertz CT molecular complexity index is 883. The maximum Gasteiger partial charge on any atom is 0.231 e. The Morgan fingerprint density at radius 3 is 3.00 bits per heavy atom. The first-order chi connectivity index (χ1) is 12.2. The second-order valence-corrected chi connectivity index (χ2v) is 5.93. The molecule has 0 radical (unpaired) electrons. The Morgan fingerprint density at radius 1 is 1.28 bits per heavy atom. The summed E-state index contributed by atoms with van der Waals surface area (Å²) in [6, 6.07) is 10.4. The number of para-hydroxylation sites is 1. The van der Waals surface area contributed by atoms with Crippen LogP contribution in [-0.4, -0.2) is 35.3 Å². The summed E-state index contributed by atoms with van der Waals surface area (Å²) < 4.78 is 24.5. The van der Waals surface area contributed by atoms with E-state index in [1.807, 2.05) is 11.0 Å². The predicted molar refractivity (Wildman–Crippen MR) is 90.1 cm³/mol. The molecule has 1 fully saturated rings. The lowest BCUT2D eigenvalue weighted by atomic mass is 10.1. The molecule has 1 aliphatic rings. The van der Waals surface area contributed by atoms with Crippen molar-refractivity contribution in [1.82, 2.24) is 15.1 Å². The van der Waals surface area contributed by atoms with Crippen LogP contribution in [-0.2, 0) is 0 Å². The number of halogens is 1. The van der Waals surface area contributed by atoms with Crippen molar-refractivity contribution in [3.63, 3.8) is 0 Å². The van der Waals surface area contributed by atoms with Crippen LogP contribution >= 0.6 is 0 Å². The number of anilines is 1. The third-order valence-corrected chi connectivity index (χ3v) is 4.37. The SMILES string of the molecule is COc1cc(-c2noc(C3CCN(c4ccccc4F)C3)n2)ccn1. The summed E-state index contributed by atoms with van der Waals surface area (Å²) in [6.45, 7) is 1.41. The monoisotopic (exact) mass is 340 g/mol. The molecule has 1 atom stereocenters. The molecule has 3 aromatic rings. The Balaban J connectivity index is 1.52. The molecule has 128 valence electrons. The normalized spacial score (nSPS) is 17.0. The first kappa shape index (κ1) is 15.6. The third-order valence-electron chi connectivity index (χ3n) is 4.37. The molecule has 0 amide bonds. The van der Waals surface area contributed by atoms with Gasteiger partial charge in [-0.3, -0.25) is 0 Å². The van der Waals surface area contributed by atoms with E-state index < -0.39 is 0 Å². The van der Waals surface area contributed by atoms with Gasteiger partial charge in [0.1, 0.15) is 5.82 Å². The molecule has 0 saturated carbocycles. The van der Waals surface area contributed by atoms with Crippen LogP contribution in [0.5, 0.6) is 5.88 Å². The molecule has 1 aromatic carbocycles. The van der Waals surface area contributed by atoms with Crippen LogP contribution in [0.25, 0.3) is 11.4 Å². The fraction of sp³-hybridized carbons (Fsp3) is 0.278. The molecule has 7 heteroatoms. The molecule has 6 nitrogen and oxygen atoms in total. The van der Waals surface area contributed by atoms with Gasteiger partial charge in [0.15, 0.2) is 0 Å². The Kier molecular flexibility index (Phi) is 4.05. The zero-order chi connectivity index (χ0) is 17.2. The number of rotatable bonds is 4. The highest BCUT2D eigenvalue weighted by molar-refractivity contribution is 5.55. The van der Waals surface area contributed by atoms with Crippen molar-refractivity contribution in [1.29, 1.82) is 0 Å². The van der Waals surface area contributed by atoms with Gasteiger partial charge in [-0.05, 0) is 24.6 Å². The standard InChI is InChI=1S/C18H17FN4O2/c1-24-16-10-12(6-8-20-16)17-21-18(25-22-17)13-7-9-23(11-13)15-5-3-2-4-14(15)19/h2-6,8,10,13H,7,9,11H2,1H3. The maximum absolute atomic E-state index is 14.0. The molecule has 1 saturated heterocycles. The van der Waals surface area contributed by atoms with E-state index in [1.54, 1.807) is 37.6 Å². The number of ether oxygens (including phenoxy) is 1. The van der Waals surface area contributed by atoms with Crippen molar-refractivity contribution in [2.24, 2.45) is 0 Å². The molecular weight excluding hydrogens is 323 g/mol. The Morgan fingerprint density at radius 2 is 2.16 bits per heavy atom. The number of nitrogens with zero attached hydrogens (tertiary/aromatic N) is 4. The van der Waals surface area contributed by atoms with Crippen LogP contribution in [0.2, 0.25) is 0 Å². The summed E-state index contributed by atoms with van der Waals surface area (Å²) in [5.41, 5.74) is 1.40. The second-order valence-electron chi connectivity index (χ2n) is 5.93. The largest absolute Gasteiger partial charge is 0.481 e. The lowest BCUT2D eigenvalue weighted by Crippen LogP contribution is -2.20. The van der Waals surface area contributed by atoms with Crippen LogP contribution in [0, 0.1) is 5.82 Å². The van der Waals surface area contributed by atoms with E-state index in [0.717, 1.165) is 18.5 Å². The molecule has 4 rings (SSSR count). The first-order valence-electron chi connectivity index (χ1n) is 8.08. The van der Waals surface area contributed by atoms with Gasteiger partial charge in [-0.2, -0.15) is 4.98 Å². The minimum atomic E-state index is -0.210. The van der Waals surface area contributed by atoms with Crippen LogP contribution in [0.4, 0.5) is 10.1 Å². The number of hydrogen-bond donors (Lipinski definition) is 0. The van der Waals surface area contributed by atoms with Gasteiger partial charge in [0.05, 0.1) is 18.7 Å². The van der Waals surface area contributed by atoms with Crippen molar-refractivity contribution in [3.8, 4) is 17.3 Å². The van der Waals surface area contributed by atoms with Crippen molar-refractivity contribution >= 4 is 5.69 Å². The van der Waals surface area contributed by atoms with Gasteiger partial charge in [0.2, 0.25) is 17.6 Å². The third kappa shape index (κ3) is 3.05. The van der Waals surface area contributed by atoms with Gasteiger partial charge >= 0.3 is 0 Å². The molecule has 25 heavy (non-hydrogen) atoms. The maximum atomic E-state index is 14.0. The van der Waals surface area contributed by atoms with E-state index in [0.29, 0.717) is 29.8 Å². The second kappa shape index (κ2) is 6.51. The molecule has 0 aliphatic carbocycles. The molecule has 0 spiro atoms. The predicted octanol–water partition coefficient (Wildman–Crippen LogP) is 3.27. The fourth-order valence-electron chi connectivity index (χ4n) is 3.07. The minimum absolute atomic E-state index is 0.0876. The summed E-state index contributed by atoms with van der Waals surface area (Å²) in [5, 5.41) is 4.06. The number of pyridine rings is 1. The fourth-order valence-corrected chi connectivity index (χ4v) is 3.07. The number of aromatic nitrogens is 3.